The van der Waals surface area contributed by atoms with E-state index in [4.69, 9.17) is 4.52 Å². The first kappa shape index (κ1) is 18.7. The van der Waals surface area contributed by atoms with E-state index in [1.165, 1.54) is 0 Å². The second-order valence-electron chi connectivity index (χ2n) is 6.48. The average molecular weight is 347 g/mol. The number of hydrogen-bond acceptors (Lipinski definition) is 4. The quantitative estimate of drug-likeness (QED) is 0.769. The molecule has 4 nitrogen and oxygen atoms in total. The molecule has 5 heteroatoms. The summed E-state index contributed by atoms with van der Waals surface area (Å²) in [6, 6.07) is 16.4. The Bertz CT molecular complexity index is 684. The SMILES string of the molecule is CC(C)CO[P@@](=O)(c1ccc(N(C)C)cc1)[C@@H](O)c1ccccc1. The van der Waals surface area contributed by atoms with Crippen molar-refractivity contribution >= 4 is 18.4 Å². The summed E-state index contributed by atoms with van der Waals surface area (Å²) in [4.78, 5) is 1.97. The fourth-order valence-electron chi connectivity index (χ4n) is 2.33. The van der Waals surface area contributed by atoms with E-state index in [0.717, 1.165) is 5.69 Å². The molecular formula is C19H26NO3P. The van der Waals surface area contributed by atoms with Gasteiger partial charge in [-0.3, -0.25) is 4.57 Å². The third kappa shape index (κ3) is 4.27. The highest BCUT2D eigenvalue weighted by Gasteiger charge is 2.36. The maximum atomic E-state index is 13.6. The minimum atomic E-state index is -3.45. The van der Waals surface area contributed by atoms with E-state index in [1.54, 1.807) is 24.3 Å². The molecular weight excluding hydrogens is 321 g/mol. The molecule has 0 saturated carbocycles. The lowest BCUT2D eigenvalue weighted by Crippen LogP contribution is -2.17. The van der Waals surface area contributed by atoms with Gasteiger partial charge in [0.25, 0.3) is 7.37 Å². The summed E-state index contributed by atoms with van der Waals surface area (Å²) in [5.74, 6) is -0.954. The van der Waals surface area contributed by atoms with Gasteiger partial charge in [-0.25, -0.2) is 0 Å². The minimum absolute atomic E-state index is 0.224. The van der Waals surface area contributed by atoms with Crippen molar-refractivity contribution in [3.8, 4) is 0 Å². The zero-order chi connectivity index (χ0) is 17.7. The summed E-state index contributed by atoms with van der Waals surface area (Å²) in [6.45, 7) is 4.32. The van der Waals surface area contributed by atoms with Crippen LogP contribution in [0.5, 0.6) is 0 Å². The molecule has 0 heterocycles. The van der Waals surface area contributed by atoms with Crippen molar-refractivity contribution in [3.05, 3.63) is 60.2 Å². The Morgan fingerprint density at radius 3 is 2.12 bits per heavy atom. The largest absolute Gasteiger partial charge is 0.378 e. The van der Waals surface area contributed by atoms with Gasteiger partial charge in [-0.05, 0) is 35.7 Å². The fraction of sp³-hybridized carbons (Fsp3) is 0.368. The Morgan fingerprint density at radius 1 is 1.04 bits per heavy atom. The molecule has 2 aromatic carbocycles. The molecule has 0 aliphatic heterocycles. The second-order valence-corrected chi connectivity index (χ2v) is 8.94. The van der Waals surface area contributed by atoms with Gasteiger partial charge in [0, 0.05) is 25.1 Å². The first-order valence-electron chi connectivity index (χ1n) is 8.10. The highest BCUT2D eigenvalue weighted by molar-refractivity contribution is 7.67. The monoisotopic (exact) mass is 347 g/mol. The number of aliphatic hydroxyl groups excluding tert-OH is 1. The molecule has 0 bridgehead atoms. The van der Waals surface area contributed by atoms with E-state index < -0.39 is 13.2 Å². The summed E-state index contributed by atoms with van der Waals surface area (Å²) in [5, 5.41) is 11.3. The normalized spacial score (nSPS) is 15.1. The summed E-state index contributed by atoms with van der Waals surface area (Å²) in [6.07, 6.45) is 0. The van der Waals surface area contributed by atoms with E-state index >= 15 is 0 Å². The predicted octanol–water partition coefficient (Wildman–Crippen LogP) is 4.02. The number of rotatable bonds is 7. The molecule has 2 aromatic rings. The molecule has 130 valence electrons. The molecule has 24 heavy (non-hydrogen) atoms. The molecule has 0 radical (unpaired) electrons. The van der Waals surface area contributed by atoms with Crippen LogP contribution < -0.4 is 10.2 Å². The van der Waals surface area contributed by atoms with Crippen LogP contribution in [0.1, 0.15) is 25.3 Å². The lowest BCUT2D eigenvalue weighted by atomic mass is 10.2. The third-order valence-electron chi connectivity index (χ3n) is 3.75. The predicted molar refractivity (Wildman–Crippen MR) is 100 cm³/mol. The fourth-order valence-corrected chi connectivity index (χ4v) is 4.55. The smallest absolute Gasteiger partial charge is 0.264 e. The van der Waals surface area contributed by atoms with Crippen LogP contribution in [0.2, 0.25) is 0 Å². The molecule has 0 saturated heterocycles. The van der Waals surface area contributed by atoms with Gasteiger partial charge in [0.2, 0.25) is 0 Å². The van der Waals surface area contributed by atoms with E-state index in [0.29, 0.717) is 17.5 Å². The molecule has 2 atom stereocenters. The van der Waals surface area contributed by atoms with E-state index in [2.05, 4.69) is 0 Å². The molecule has 0 aromatic heterocycles. The van der Waals surface area contributed by atoms with Gasteiger partial charge in [0.15, 0.2) is 5.85 Å². The van der Waals surface area contributed by atoms with Crippen molar-refractivity contribution < 1.29 is 14.2 Å². The summed E-state index contributed by atoms with van der Waals surface area (Å²) in [5.41, 5.74) is 1.60. The summed E-state index contributed by atoms with van der Waals surface area (Å²) >= 11 is 0. The minimum Gasteiger partial charge on any atom is -0.378 e. The highest BCUT2D eigenvalue weighted by Crippen LogP contribution is 2.57. The maximum absolute atomic E-state index is 13.6. The van der Waals surface area contributed by atoms with Crippen molar-refractivity contribution in [3.63, 3.8) is 0 Å². The van der Waals surface area contributed by atoms with Crippen molar-refractivity contribution in [1.82, 2.24) is 0 Å². The zero-order valence-corrected chi connectivity index (χ0v) is 15.6. The van der Waals surface area contributed by atoms with Crippen LogP contribution in [0.25, 0.3) is 0 Å². The highest BCUT2D eigenvalue weighted by atomic mass is 31.2. The van der Waals surface area contributed by atoms with Crippen molar-refractivity contribution in [2.24, 2.45) is 5.92 Å². The Morgan fingerprint density at radius 2 is 1.62 bits per heavy atom. The molecule has 0 spiro atoms. The Balaban J connectivity index is 2.41. The molecule has 2 rings (SSSR count). The van der Waals surface area contributed by atoms with Crippen LogP contribution in [-0.4, -0.2) is 25.8 Å². The standard InChI is InChI=1S/C19H26NO3P/c1-15(2)14-23-24(22,19(21)16-8-6-5-7-9-16)18-12-10-17(11-13-18)20(3)4/h5-13,15,19,21H,14H2,1-4H3/t19-,24+/m1/s1. The third-order valence-corrected chi connectivity index (χ3v) is 6.24. The van der Waals surface area contributed by atoms with Crippen molar-refractivity contribution in [2.75, 3.05) is 25.6 Å². The van der Waals surface area contributed by atoms with Crippen LogP contribution in [-0.2, 0) is 9.09 Å². The average Bonchev–Trinajstić information content (AvgIpc) is 2.59. The molecule has 0 amide bonds. The van der Waals surface area contributed by atoms with Gasteiger partial charge >= 0.3 is 0 Å². The van der Waals surface area contributed by atoms with Crippen LogP contribution in [0, 0.1) is 5.92 Å². The second kappa shape index (κ2) is 7.98. The topological polar surface area (TPSA) is 49.8 Å². The number of benzene rings is 2. The molecule has 0 unspecified atom stereocenters. The van der Waals surface area contributed by atoms with Crippen LogP contribution in [0.4, 0.5) is 5.69 Å². The van der Waals surface area contributed by atoms with Gasteiger partial charge in [-0.15, -0.1) is 0 Å². The van der Waals surface area contributed by atoms with E-state index in [1.807, 2.05) is 63.2 Å². The zero-order valence-electron chi connectivity index (χ0n) is 14.7. The van der Waals surface area contributed by atoms with E-state index in [9.17, 15) is 9.67 Å². The molecule has 0 aliphatic carbocycles. The van der Waals surface area contributed by atoms with Crippen molar-refractivity contribution in [1.29, 1.82) is 0 Å². The Hall–Kier alpha value is -1.61. The number of anilines is 1. The van der Waals surface area contributed by atoms with Crippen LogP contribution >= 0.6 is 7.37 Å². The number of hydrogen-bond donors (Lipinski definition) is 1. The Labute approximate surface area is 144 Å². The lowest BCUT2D eigenvalue weighted by Gasteiger charge is -2.26. The maximum Gasteiger partial charge on any atom is 0.264 e. The van der Waals surface area contributed by atoms with Gasteiger partial charge in [-0.2, -0.15) is 0 Å². The number of aliphatic hydroxyl groups is 1. The molecule has 0 fully saturated rings. The number of nitrogens with zero attached hydrogens (tertiary/aromatic N) is 1. The molecule has 1 N–H and O–H groups in total. The van der Waals surface area contributed by atoms with Gasteiger partial charge in [0.05, 0.1) is 6.61 Å². The van der Waals surface area contributed by atoms with Gasteiger partial charge < -0.3 is 14.5 Å². The first-order valence-corrected chi connectivity index (χ1v) is 9.79. The summed E-state index contributed by atoms with van der Waals surface area (Å²) < 4.78 is 19.4. The first-order chi connectivity index (χ1) is 11.3. The molecule has 0 aliphatic rings. The lowest BCUT2D eigenvalue weighted by molar-refractivity contribution is 0.203. The summed E-state index contributed by atoms with van der Waals surface area (Å²) in [7, 11) is 0.443. The van der Waals surface area contributed by atoms with E-state index in [-0.39, 0.29) is 5.92 Å². The van der Waals surface area contributed by atoms with Crippen molar-refractivity contribution in [2.45, 2.75) is 19.7 Å². The van der Waals surface area contributed by atoms with Crippen LogP contribution in [0.15, 0.2) is 54.6 Å². The van der Waals surface area contributed by atoms with Gasteiger partial charge in [-0.1, -0.05) is 44.2 Å². The van der Waals surface area contributed by atoms with Gasteiger partial charge in [0.1, 0.15) is 0 Å². The Kier molecular flexibility index (Phi) is 6.22. The van der Waals surface area contributed by atoms with Crippen LogP contribution in [0.3, 0.4) is 0 Å².